The van der Waals surface area contributed by atoms with E-state index in [1.54, 1.807) is 6.26 Å². The molecule has 0 saturated heterocycles. The van der Waals surface area contributed by atoms with E-state index in [4.69, 9.17) is 9.15 Å². The van der Waals surface area contributed by atoms with Crippen molar-refractivity contribution in [1.29, 1.82) is 0 Å². The minimum Gasteiger partial charge on any atom is -0.469 e. The molecule has 1 saturated carbocycles. The van der Waals surface area contributed by atoms with Crippen LogP contribution in [-0.2, 0) is 4.79 Å². The van der Waals surface area contributed by atoms with Crippen LogP contribution in [0.15, 0.2) is 47.1 Å². The maximum Gasteiger partial charge on any atom is 0.315 e. The van der Waals surface area contributed by atoms with Gasteiger partial charge in [0.2, 0.25) is 0 Å². The summed E-state index contributed by atoms with van der Waals surface area (Å²) in [5.41, 5.74) is 0.973. The Bertz CT molecular complexity index is 557. The fourth-order valence-corrected chi connectivity index (χ4v) is 2.13. The van der Waals surface area contributed by atoms with Crippen molar-refractivity contribution in [2.75, 3.05) is 0 Å². The lowest BCUT2D eigenvalue weighted by molar-refractivity contribution is -0.136. The fraction of sp³-hybridized carbons (Fsp3) is 0.267. The second-order valence-electron chi connectivity index (χ2n) is 4.65. The number of rotatable bonds is 3. The average molecular weight is 242 g/mol. The molecule has 3 heteroatoms. The summed E-state index contributed by atoms with van der Waals surface area (Å²) in [5, 5.41) is 0. The highest BCUT2D eigenvalue weighted by Gasteiger charge is 2.47. The summed E-state index contributed by atoms with van der Waals surface area (Å²) in [4.78, 5) is 12.0. The number of esters is 1. The zero-order valence-electron chi connectivity index (χ0n) is 10.1. The first-order valence-electron chi connectivity index (χ1n) is 6.06. The number of benzene rings is 1. The Labute approximate surface area is 105 Å². The molecular formula is C15H14O3. The number of carbonyl (C=O) groups is 1. The van der Waals surface area contributed by atoms with E-state index in [2.05, 4.69) is 0 Å². The van der Waals surface area contributed by atoms with Crippen LogP contribution in [0.5, 0.6) is 5.75 Å². The molecule has 92 valence electrons. The molecule has 18 heavy (non-hydrogen) atoms. The molecule has 1 aliphatic rings. The first-order chi connectivity index (χ1) is 8.75. The van der Waals surface area contributed by atoms with Crippen molar-refractivity contribution in [2.45, 2.75) is 19.3 Å². The summed E-state index contributed by atoms with van der Waals surface area (Å²) in [6, 6.07) is 11.3. The highest BCUT2D eigenvalue weighted by molar-refractivity contribution is 5.79. The van der Waals surface area contributed by atoms with Gasteiger partial charge < -0.3 is 9.15 Å². The molecule has 1 aromatic carbocycles. The smallest absolute Gasteiger partial charge is 0.315 e. The number of furan rings is 1. The van der Waals surface area contributed by atoms with Gasteiger partial charge in [-0.1, -0.05) is 18.2 Å². The first-order valence-corrected chi connectivity index (χ1v) is 6.06. The third-order valence-corrected chi connectivity index (χ3v) is 3.31. The van der Waals surface area contributed by atoms with Gasteiger partial charge in [-0.25, -0.2) is 0 Å². The lowest BCUT2D eigenvalue weighted by atomic mass is 10.2. The maximum absolute atomic E-state index is 12.0. The summed E-state index contributed by atoms with van der Waals surface area (Å²) in [5.74, 6) is 1.49. The van der Waals surface area contributed by atoms with Gasteiger partial charge in [-0.2, -0.15) is 0 Å². The summed E-state index contributed by atoms with van der Waals surface area (Å²) in [7, 11) is 0. The zero-order valence-corrected chi connectivity index (χ0v) is 10.1. The van der Waals surface area contributed by atoms with E-state index in [-0.39, 0.29) is 17.8 Å². The van der Waals surface area contributed by atoms with Gasteiger partial charge in [-0.3, -0.25) is 4.79 Å². The van der Waals surface area contributed by atoms with E-state index >= 15 is 0 Å². The Balaban J connectivity index is 1.66. The Morgan fingerprint density at radius 1 is 1.28 bits per heavy atom. The molecule has 2 aromatic rings. The van der Waals surface area contributed by atoms with Crippen LogP contribution in [0.25, 0.3) is 0 Å². The van der Waals surface area contributed by atoms with Gasteiger partial charge >= 0.3 is 5.97 Å². The van der Waals surface area contributed by atoms with Crippen molar-refractivity contribution in [1.82, 2.24) is 0 Å². The van der Waals surface area contributed by atoms with E-state index in [1.807, 2.05) is 43.3 Å². The normalized spacial score (nSPS) is 21.6. The average Bonchev–Trinajstić information content (AvgIpc) is 2.99. The van der Waals surface area contributed by atoms with Crippen LogP contribution in [0.4, 0.5) is 0 Å². The standard InChI is InChI=1S/C15H14O3/c1-10-5-2-3-6-13(10)18-15(16)12-9-11(12)14-7-4-8-17-14/h2-8,11-12H,9H2,1H3. The van der Waals surface area contributed by atoms with Crippen molar-refractivity contribution < 1.29 is 13.9 Å². The molecule has 0 N–H and O–H groups in total. The van der Waals surface area contributed by atoms with Gasteiger partial charge in [0.25, 0.3) is 0 Å². The second-order valence-corrected chi connectivity index (χ2v) is 4.65. The molecule has 0 amide bonds. The number of carbonyl (C=O) groups excluding carboxylic acids is 1. The van der Waals surface area contributed by atoms with E-state index in [9.17, 15) is 4.79 Å². The van der Waals surface area contributed by atoms with Crippen molar-refractivity contribution in [2.24, 2.45) is 5.92 Å². The summed E-state index contributed by atoms with van der Waals surface area (Å²) < 4.78 is 10.7. The van der Waals surface area contributed by atoms with Gasteiger partial charge in [-0.05, 0) is 37.1 Å². The van der Waals surface area contributed by atoms with Crippen LogP contribution in [0.2, 0.25) is 0 Å². The molecule has 2 unspecified atom stereocenters. The van der Waals surface area contributed by atoms with Crippen LogP contribution in [0.3, 0.4) is 0 Å². The number of aryl methyl sites for hydroxylation is 1. The van der Waals surface area contributed by atoms with Crippen molar-refractivity contribution >= 4 is 5.97 Å². The van der Waals surface area contributed by atoms with Gasteiger partial charge in [0, 0.05) is 5.92 Å². The largest absolute Gasteiger partial charge is 0.469 e. The van der Waals surface area contributed by atoms with E-state index < -0.39 is 0 Å². The van der Waals surface area contributed by atoms with Crippen LogP contribution in [0, 0.1) is 12.8 Å². The number of para-hydroxylation sites is 1. The second kappa shape index (κ2) is 4.33. The van der Waals surface area contributed by atoms with Crippen LogP contribution >= 0.6 is 0 Å². The molecule has 1 aromatic heterocycles. The molecule has 3 nitrogen and oxygen atoms in total. The van der Waals surface area contributed by atoms with Gasteiger partial charge in [0.15, 0.2) is 0 Å². The van der Waals surface area contributed by atoms with Gasteiger partial charge in [0.1, 0.15) is 11.5 Å². The summed E-state index contributed by atoms with van der Waals surface area (Å²) >= 11 is 0. The Morgan fingerprint density at radius 2 is 2.11 bits per heavy atom. The number of hydrogen-bond acceptors (Lipinski definition) is 3. The number of hydrogen-bond donors (Lipinski definition) is 0. The predicted molar refractivity (Wildman–Crippen MR) is 66.4 cm³/mol. The summed E-state index contributed by atoms with van der Waals surface area (Å²) in [6.07, 6.45) is 2.45. The highest BCUT2D eigenvalue weighted by atomic mass is 16.5. The molecule has 0 spiro atoms. The molecule has 1 fully saturated rings. The fourth-order valence-electron chi connectivity index (χ4n) is 2.13. The van der Waals surface area contributed by atoms with Crippen LogP contribution in [-0.4, -0.2) is 5.97 Å². The minimum absolute atomic E-state index is 0.0595. The van der Waals surface area contributed by atoms with Crippen molar-refractivity contribution in [3.05, 3.63) is 54.0 Å². The molecule has 1 aliphatic carbocycles. The molecular weight excluding hydrogens is 228 g/mol. The van der Waals surface area contributed by atoms with Crippen molar-refractivity contribution in [3.8, 4) is 5.75 Å². The SMILES string of the molecule is Cc1ccccc1OC(=O)C1CC1c1ccco1. The molecule has 1 heterocycles. The highest BCUT2D eigenvalue weighted by Crippen LogP contribution is 2.48. The van der Waals surface area contributed by atoms with Gasteiger partial charge in [0.05, 0.1) is 12.2 Å². The Hall–Kier alpha value is -2.03. The van der Waals surface area contributed by atoms with E-state index in [0.717, 1.165) is 17.7 Å². The number of ether oxygens (including phenoxy) is 1. The Kier molecular flexibility index (Phi) is 2.67. The molecule has 0 radical (unpaired) electrons. The van der Waals surface area contributed by atoms with Crippen LogP contribution < -0.4 is 4.74 Å². The minimum atomic E-state index is -0.161. The van der Waals surface area contributed by atoms with Gasteiger partial charge in [-0.15, -0.1) is 0 Å². The Morgan fingerprint density at radius 3 is 2.83 bits per heavy atom. The quantitative estimate of drug-likeness (QED) is 0.612. The molecule has 3 rings (SSSR count). The zero-order chi connectivity index (χ0) is 12.5. The first kappa shape index (κ1) is 11.1. The molecule has 0 bridgehead atoms. The third-order valence-electron chi connectivity index (χ3n) is 3.31. The maximum atomic E-state index is 12.0. The summed E-state index contributed by atoms with van der Waals surface area (Å²) in [6.45, 7) is 1.93. The third kappa shape index (κ3) is 2.04. The lowest BCUT2D eigenvalue weighted by Gasteiger charge is -2.06. The topological polar surface area (TPSA) is 39.4 Å². The molecule has 0 aliphatic heterocycles. The predicted octanol–water partition coefficient (Wildman–Crippen LogP) is 3.30. The van der Waals surface area contributed by atoms with Crippen molar-refractivity contribution in [3.63, 3.8) is 0 Å². The monoisotopic (exact) mass is 242 g/mol. The van der Waals surface area contributed by atoms with E-state index in [1.165, 1.54) is 0 Å². The van der Waals surface area contributed by atoms with Crippen LogP contribution in [0.1, 0.15) is 23.7 Å². The lowest BCUT2D eigenvalue weighted by Crippen LogP contribution is -2.11. The van der Waals surface area contributed by atoms with E-state index in [0.29, 0.717) is 5.75 Å². The molecule has 2 atom stereocenters.